The first-order chi connectivity index (χ1) is 14.3. The Morgan fingerprint density at radius 2 is 1.73 bits per heavy atom. The van der Waals surface area contributed by atoms with E-state index in [4.69, 9.17) is 16.3 Å². The van der Waals surface area contributed by atoms with Gasteiger partial charge in [0.1, 0.15) is 11.8 Å². The standard InChI is InChI=1S/C23H30ClN3O3/c1-16(2)21(26-22(28)19-8-5-6-9-20(19)24)23(29)25-17-10-12-18(13-11-17)30-15-7-14-27(3)4/h5-6,8-13,16,21H,7,14-15H2,1-4H3,(H,25,29)(H,26,28). The van der Waals surface area contributed by atoms with E-state index in [0.717, 1.165) is 18.7 Å². The quantitative estimate of drug-likeness (QED) is 0.556. The van der Waals surface area contributed by atoms with Gasteiger partial charge in [-0.1, -0.05) is 37.6 Å². The highest BCUT2D eigenvalue weighted by Gasteiger charge is 2.25. The van der Waals surface area contributed by atoms with E-state index in [1.165, 1.54) is 0 Å². The molecule has 1 atom stereocenters. The van der Waals surface area contributed by atoms with Crippen molar-refractivity contribution in [3.05, 3.63) is 59.1 Å². The second-order valence-electron chi connectivity index (χ2n) is 7.69. The van der Waals surface area contributed by atoms with Crippen LogP contribution in [0.3, 0.4) is 0 Å². The fraction of sp³-hybridized carbons (Fsp3) is 0.391. The highest BCUT2D eigenvalue weighted by atomic mass is 35.5. The third-order valence-electron chi connectivity index (χ3n) is 4.49. The predicted octanol–water partition coefficient (Wildman–Crippen LogP) is 4.06. The Hall–Kier alpha value is -2.57. The summed E-state index contributed by atoms with van der Waals surface area (Å²) in [6, 6.07) is 13.3. The van der Waals surface area contributed by atoms with Gasteiger partial charge in [-0.05, 0) is 62.8 Å². The lowest BCUT2D eigenvalue weighted by Gasteiger charge is -2.22. The van der Waals surface area contributed by atoms with E-state index in [2.05, 4.69) is 15.5 Å². The number of nitrogens with zero attached hydrogens (tertiary/aromatic N) is 1. The van der Waals surface area contributed by atoms with Gasteiger partial charge in [-0.25, -0.2) is 0 Å². The summed E-state index contributed by atoms with van der Waals surface area (Å²) >= 11 is 6.09. The SMILES string of the molecule is CC(C)C(NC(=O)c1ccccc1Cl)C(=O)Nc1ccc(OCCCN(C)C)cc1. The first kappa shape index (κ1) is 23.7. The number of anilines is 1. The van der Waals surface area contributed by atoms with Gasteiger partial charge < -0.3 is 20.3 Å². The molecule has 0 aromatic heterocycles. The molecule has 30 heavy (non-hydrogen) atoms. The van der Waals surface area contributed by atoms with Gasteiger partial charge in [0.2, 0.25) is 5.91 Å². The highest BCUT2D eigenvalue weighted by molar-refractivity contribution is 6.33. The zero-order valence-corrected chi connectivity index (χ0v) is 18.7. The van der Waals surface area contributed by atoms with E-state index in [1.54, 1.807) is 36.4 Å². The molecule has 2 rings (SSSR count). The molecule has 0 spiro atoms. The van der Waals surface area contributed by atoms with Crippen LogP contribution in [-0.2, 0) is 4.79 Å². The van der Waals surface area contributed by atoms with Crippen molar-refractivity contribution in [2.45, 2.75) is 26.3 Å². The van der Waals surface area contributed by atoms with Crippen LogP contribution in [0.15, 0.2) is 48.5 Å². The molecular formula is C23H30ClN3O3. The van der Waals surface area contributed by atoms with Crippen LogP contribution in [0.4, 0.5) is 5.69 Å². The third kappa shape index (κ3) is 7.35. The third-order valence-corrected chi connectivity index (χ3v) is 4.82. The molecule has 162 valence electrons. The molecule has 0 saturated carbocycles. The fourth-order valence-electron chi connectivity index (χ4n) is 2.82. The maximum atomic E-state index is 12.8. The van der Waals surface area contributed by atoms with E-state index in [0.29, 0.717) is 22.9 Å². The summed E-state index contributed by atoms with van der Waals surface area (Å²) in [6.07, 6.45) is 0.937. The Morgan fingerprint density at radius 3 is 2.33 bits per heavy atom. The Bertz CT molecular complexity index is 838. The molecule has 2 aromatic carbocycles. The second-order valence-corrected chi connectivity index (χ2v) is 8.10. The summed E-state index contributed by atoms with van der Waals surface area (Å²) in [5, 5.41) is 5.99. The topological polar surface area (TPSA) is 70.7 Å². The van der Waals surface area contributed by atoms with Crippen molar-refractivity contribution in [1.82, 2.24) is 10.2 Å². The van der Waals surface area contributed by atoms with Gasteiger partial charge in [0.15, 0.2) is 0 Å². The first-order valence-electron chi connectivity index (χ1n) is 10.0. The lowest BCUT2D eigenvalue weighted by Crippen LogP contribution is -2.47. The zero-order valence-electron chi connectivity index (χ0n) is 17.9. The zero-order chi connectivity index (χ0) is 22.1. The number of halogens is 1. The second kappa shape index (κ2) is 11.6. The molecule has 0 bridgehead atoms. The van der Waals surface area contributed by atoms with Gasteiger partial charge in [0, 0.05) is 12.2 Å². The molecule has 7 heteroatoms. The largest absolute Gasteiger partial charge is 0.494 e. The molecule has 0 saturated heterocycles. The number of ether oxygens (including phenoxy) is 1. The maximum absolute atomic E-state index is 12.8. The Kier molecular flexibility index (Phi) is 9.15. The lowest BCUT2D eigenvalue weighted by atomic mass is 10.0. The van der Waals surface area contributed by atoms with Crippen molar-refractivity contribution in [2.24, 2.45) is 5.92 Å². The fourth-order valence-corrected chi connectivity index (χ4v) is 3.05. The number of carbonyl (C=O) groups is 2. The molecule has 0 aliphatic carbocycles. The number of rotatable bonds is 10. The number of carbonyl (C=O) groups excluding carboxylic acids is 2. The number of amides is 2. The van der Waals surface area contributed by atoms with Crippen LogP contribution >= 0.6 is 11.6 Å². The summed E-state index contributed by atoms with van der Waals surface area (Å²) in [6.45, 7) is 5.35. The van der Waals surface area contributed by atoms with E-state index < -0.39 is 6.04 Å². The van der Waals surface area contributed by atoms with Crippen LogP contribution in [0, 0.1) is 5.92 Å². The van der Waals surface area contributed by atoms with Crippen molar-refractivity contribution in [3.8, 4) is 5.75 Å². The number of hydrogen-bond donors (Lipinski definition) is 2. The van der Waals surface area contributed by atoms with E-state index >= 15 is 0 Å². The molecule has 6 nitrogen and oxygen atoms in total. The Labute approximate surface area is 183 Å². The van der Waals surface area contributed by atoms with Gasteiger partial charge >= 0.3 is 0 Å². The smallest absolute Gasteiger partial charge is 0.253 e. The minimum Gasteiger partial charge on any atom is -0.494 e. The van der Waals surface area contributed by atoms with Gasteiger partial charge in [0.25, 0.3) is 5.91 Å². The molecule has 0 heterocycles. The molecule has 0 aliphatic rings. The Balaban J connectivity index is 1.94. The van der Waals surface area contributed by atoms with Crippen LogP contribution in [0.5, 0.6) is 5.75 Å². The average Bonchev–Trinajstić information content (AvgIpc) is 2.70. The lowest BCUT2D eigenvalue weighted by molar-refractivity contribution is -0.118. The molecule has 0 radical (unpaired) electrons. The van der Waals surface area contributed by atoms with Crippen molar-refractivity contribution >= 4 is 29.1 Å². The van der Waals surface area contributed by atoms with Gasteiger partial charge in [-0.2, -0.15) is 0 Å². The average molecular weight is 432 g/mol. The summed E-state index contributed by atoms with van der Waals surface area (Å²) in [5.41, 5.74) is 0.978. The normalized spacial score (nSPS) is 12.0. The van der Waals surface area contributed by atoms with E-state index in [1.807, 2.05) is 40.1 Å². The van der Waals surface area contributed by atoms with Crippen molar-refractivity contribution < 1.29 is 14.3 Å². The van der Waals surface area contributed by atoms with Crippen LogP contribution in [0.25, 0.3) is 0 Å². The summed E-state index contributed by atoms with van der Waals surface area (Å²) < 4.78 is 5.71. The van der Waals surface area contributed by atoms with E-state index in [9.17, 15) is 9.59 Å². The van der Waals surface area contributed by atoms with Crippen LogP contribution in [0.2, 0.25) is 5.02 Å². The predicted molar refractivity (Wildman–Crippen MR) is 121 cm³/mol. The van der Waals surface area contributed by atoms with Crippen LogP contribution in [-0.4, -0.2) is 50.0 Å². The summed E-state index contributed by atoms with van der Waals surface area (Å²) in [5.74, 6) is -0.0177. The van der Waals surface area contributed by atoms with Gasteiger partial charge in [-0.15, -0.1) is 0 Å². The van der Waals surface area contributed by atoms with Crippen molar-refractivity contribution in [3.63, 3.8) is 0 Å². The summed E-state index contributed by atoms with van der Waals surface area (Å²) in [4.78, 5) is 27.4. The van der Waals surface area contributed by atoms with E-state index in [-0.39, 0.29) is 17.7 Å². The number of hydrogen-bond acceptors (Lipinski definition) is 4. The number of nitrogens with one attached hydrogen (secondary N) is 2. The molecule has 0 fully saturated rings. The van der Waals surface area contributed by atoms with Gasteiger partial charge in [-0.3, -0.25) is 9.59 Å². The Morgan fingerprint density at radius 1 is 1.07 bits per heavy atom. The molecule has 0 aliphatic heterocycles. The van der Waals surface area contributed by atoms with Gasteiger partial charge in [0.05, 0.1) is 17.2 Å². The monoisotopic (exact) mass is 431 g/mol. The maximum Gasteiger partial charge on any atom is 0.253 e. The van der Waals surface area contributed by atoms with Crippen molar-refractivity contribution in [2.75, 3.05) is 32.6 Å². The van der Waals surface area contributed by atoms with Crippen LogP contribution < -0.4 is 15.4 Å². The molecular weight excluding hydrogens is 402 g/mol. The van der Waals surface area contributed by atoms with Crippen molar-refractivity contribution in [1.29, 1.82) is 0 Å². The molecule has 2 aromatic rings. The molecule has 2 amide bonds. The minimum absolute atomic E-state index is 0.101. The highest BCUT2D eigenvalue weighted by Crippen LogP contribution is 2.18. The molecule has 1 unspecified atom stereocenters. The number of benzene rings is 2. The molecule has 2 N–H and O–H groups in total. The summed E-state index contributed by atoms with van der Waals surface area (Å²) in [7, 11) is 4.05. The first-order valence-corrected chi connectivity index (χ1v) is 10.4. The minimum atomic E-state index is -0.698. The van der Waals surface area contributed by atoms with Crippen LogP contribution in [0.1, 0.15) is 30.6 Å².